The Hall–Kier alpha value is -3.80. The van der Waals surface area contributed by atoms with Gasteiger partial charge in [-0.2, -0.15) is 0 Å². The Kier molecular flexibility index (Phi) is 7.05. The van der Waals surface area contributed by atoms with Crippen molar-refractivity contribution in [3.8, 4) is 5.75 Å². The lowest BCUT2D eigenvalue weighted by atomic mass is 10.1. The summed E-state index contributed by atoms with van der Waals surface area (Å²) >= 11 is 0. The van der Waals surface area contributed by atoms with Gasteiger partial charge in [0.15, 0.2) is 0 Å². The minimum absolute atomic E-state index is 0.132. The number of nitrogens with one attached hydrogen (secondary N) is 3. The smallest absolute Gasteiger partial charge is 0.255 e. The quantitative estimate of drug-likeness (QED) is 0.515. The van der Waals surface area contributed by atoms with Crippen LogP contribution in [0.2, 0.25) is 0 Å². The predicted molar refractivity (Wildman–Crippen MR) is 120 cm³/mol. The minimum atomic E-state index is -0.208. The van der Waals surface area contributed by atoms with E-state index in [1.807, 2.05) is 24.3 Å². The zero-order valence-corrected chi connectivity index (χ0v) is 17.1. The molecule has 0 bridgehead atoms. The molecule has 3 aromatic carbocycles. The topological polar surface area (TPSA) is 79.5 Å². The Labute approximate surface area is 176 Å². The Bertz CT molecular complexity index is 982. The van der Waals surface area contributed by atoms with E-state index in [-0.39, 0.29) is 18.4 Å². The van der Waals surface area contributed by atoms with Gasteiger partial charge in [-0.15, -0.1) is 0 Å². The van der Waals surface area contributed by atoms with E-state index in [2.05, 4.69) is 22.9 Å². The maximum Gasteiger partial charge on any atom is 0.255 e. The van der Waals surface area contributed by atoms with Crippen molar-refractivity contribution in [1.29, 1.82) is 0 Å². The van der Waals surface area contributed by atoms with E-state index in [1.165, 1.54) is 5.56 Å². The standard InChI is InChI=1S/C24H25N3O3/c1-3-17-4-8-20(9-5-17)26-23(28)16-25-19-10-6-18(7-11-19)24(29)27-21-12-14-22(30-2)15-13-21/h4-15,25H,3,16H2,1-2H3,(H,26,28)(H,27,29). The molecule has 6 heteroatoms. The van der Waals surface area contributed by atoms with Gasteiger partial charge < -0.3 is 20.7 Å². The molecule has 0 saturated carbocycles. The molecule has 0 aromatic heterocycles. The molecule has 0 fully saturated rings. The van der Waals surface area contributed by atoms with Crippen molar-refractivity contribution < 1.29 is 14.3 Å². The second-order valence-electron chi connectivity index (χ2n) is 6.71. The molecule has 0 aliphatic carbocycles. The molecular formula is C24H25N3O3. The van der Waals surface area contributed by atoms with E-state index in [1.54, 1.807) is 55.6 Å². The second-order valence-corrected chi connectivity index (χ2v) is 6.71. The first-order valence-corrected chi connectivity index (χ1v) is 9.75. The summed E-state index contributed by atoms with van der Waals surface area (Å²) in [6.45, 7) is 2.22. The third-order valence-corrected chi connectivity index (χ3v) is 4.59. The molecule has 0 unspecified atom stereocenters. The van der Waals surface area contributed by atoms with E-state index in [9.17, 15) is 9.59 Å². The lowest BCUT2D eigenvalue weighted by Crippen LogP contribution is -2.21. The first-order valence-electron chi connectivity index (χ1n) is 9.75. The van der Waals surface area contributed by atoms with Crippen molar-refractivity contribution in [2.24, 2.45) is 0 Å². The van der Waals surface area contributed by atoms with Crippen molar-refractivity contribution >= 4 is 28.9 Å². The highest BCUT2D eigenvalue weighted by Gasteiger charge is 2.07. The summed E-state index contributed by atoms with van der Waals surface area (Å²) in [5, 5.41) is 8.75. The van der Waals surface area contributed by atoms with Crippen LogP contribution < -0.4 is 20.7 Å². The van der Waals surface area contributed by atoms with Crippen LogP contribution in [0.1, 0.15) is 22.8 Å². The molecule has 0 aliphatic rings. The third kappa shape index (κ3) is 5.85. The monoisotopic (exact) mass is 403 g/mol. The molecule has 2 amide bonds. The van der Waals surface area contributed by atoms with Crippen LogP contribution in [0.3, 0.4) is 0 Å². The molecule has 6 nitrogen and oxygen atoms in total. The summed E-state index contributed by atoms with van der Waals surface area (Å²) in [5.74, 6) is 0.381. The average Bonchev–Trinajstić information content (AvgIpc) is 2.79. The molecule has 0 atom stereocenters. The second kappa shape index (κ2) is 10.1. The number of anilines is 3. The molecule has 0 spiro atoms. The minimum Gasteiger partial charge on any atom is -0.497 e. The highest BCUT2D eigenvalue weighted by atomic mass is 16.5. The molecule has 0 heterocycles. The molecule has 3 rings (SSSR count). The van der Waals surface area contributed by atoms with Crippen LogP contribution in [0.25, 0.3) is 0 Å². The van der Waals surface area contributed by atoms with Gasteiger partial charge in [0.25, 0.3) is 5.91 Å². The van der Waals surface area contributed by atoms with Gasteiger partial charge >= 0.3 is 0 Å². The van der Waals surface area contributed by atoms with Gasteiger partial charge in [-0.25, -0.2) is 0 Å². The summed E-state index contributed by atoms with van der Waals surface area (Å²) < 4.78 is 5.11. The molecular weight excluding hydrogens is 378 g/mol. The molecule has 154 valence electrons. The molecule has 3 N–H and O–H groups in total. The zero-order chi connectivity index (χ0) is 21.3. The number of methoxy groups -OCH3 is 1. The van der Waals surface area contributed by atoms with Crippen LogP contribution in [0.4, 0.5) is 17.1 Å². The van der Waals surface area contributed by atoms with E-state index in [4.69, 9.17) is 4.74 Å². The van der Waals surface area contributed by atoms with Crippen molar-refractivity contribution in [3.05, 3.63) is 83.9 Å². The number of rotatable bonds is 8. The number of benzene rings is 3. The van der Waals surface area contributed by atoms with Crippen LogP contribution >= 0.6 is 0 Å². The number of carbonyl (C=O) groups is 2. The highest BCUT2D eigenvalue weighted by molar-refractivity contribution is 6.04. The normalized spacial score (nSPS) is 10.2. The summed E-state index contributed by atoms with van der Waals surface area (Å²) in [6.07, 6.45) is 0.962. The van der Waals surface area contributed by atoms with Gasteiger partial charge in [0.2, 0.25) is 5.91 Å². The van der Waals surface area contributed by atoms with Crippen molar-refractivity contribution in [3.63, 3.8) is 0 Å². The van der Waals surface area contributed by atoms with E-state index in [0.29, 0.717) is 11.3 Å². The fourth-order valence-corrected chi connectivity index (χ4v) is 2.83. The first-order chi connectivity index (χ1) is 14.6. The van der Waals surface area contributed by atoms with Crippen LogP contribution in [-0.4, -0.2) is 25.5 Å². The first kappa shape index (κ1) is 20.9. The van der Waals surface area contributed by atoms with Crippen LogP contribution in [0.15, 0.2) is 72.8 Å². The SMILES string of the molecule is CCc1ccc(NC(=O)CNc2ccc(C(=O)Nc3ccc(OC)cc3)cc2)cc1. The lowest BCUT2D eigenvalue weighted by molar-refractivity contribution is -0.114. The number of carbonyl (C=O) groups excluding carboxylic acids is 2. The van der Waals surface area contributed by atoms with Crippen LogP contribution in [0.5, 0.6) is 5.75 Å². The number of amides is 2. The molecule has 0 aliphatic heterocycles. The largest absolute Gasteiger partial charge is 0.497 e. The Morgan fingerprint density at radius 3 is 1.93 bits per heavy atom. The Morgan fingerprint density at radius 2 is 1.33 bits per heavy atom. The van der Waals surface area contributed by atoms with Crippen molar-refractivity contribution in [2.75, 3.05) is 29.6 Å². The summed E-state index contributed by atoms with van der Waals surface area (Å²) in [6, 6.07) is 21.9. The Balaban J connectivity index is 1.49. The van der Waals surface area contributed by atoms with E-state index < -0.39 is 0 Å². The number of hydrogen-bond acceptors (Lipinski definition) is 4. The fourth-order valence-electron chi connectivity index (χ4n) is 2.83. The van der Waals surface area contributed by atoms with Crippen LogP contribution in [0, 0.1) is 0 Å². The molecule has 0 saturated heterocycles. The predicted octanol–water partition coefficient (Wildman–Crippen LogP) is 4.56. The fraction of sp³-hybridized carbons (Fsp3) is 0.167. The summed E-state index contributed by atoms with van der Waals surface area (Å²) in [4.78, 5) is 24.5. The highest BCUT2D eigenvalue weighted by Crippen LogP contribution is 2.17. The van der Waals surface area contributed by atoms with Crippen LogP contribution in [-0.2, 0) is 11.2 Å². The summed E-state index contributed by atoms with van der Waals surface area (Å²) in [5.41, 5.74) is 3.96. The number of aryl methyl sites for hydroxylation is 1. The maximum atomic E-state index is 12.4. The van der Waals surface area contributed by atoms with E-state index >= 15 is 0 Å². The molecule has 0 radical (unpaired) electrons. The Morgan fingerprint density at radius 1 is 0.767 bits per heavy atom. The lowest BCUT2D eigenvalue weighted by Gasteiger charge is -2.10. The van der Waals surface area contributed by atoms with Crippen molar-refractivity contribution in [1.82, 2.24) is 0 Å². The average molecular weight is 403 g/mol. The maximum absolute atomic E-state index is 12.4. The van der Waals surface area contributed by atoms with Gasteiger partial charge in [-0.1, -0.05) is 19.1 Å². The van der Waals surface area contributed by atoms with Gasteiger partial charge in [-0.05, 0) is 72.6 Å². The number of ether oxygens (including phenoxy) is 1. The van der Waals surface area contributed by atoms with Gasteiger partial charge in [0, 0.05) is 22.6 Å². The molecule has 30 heavy (non-hydrogen) atoms. The zero-order valence-electron chi connectivity index (χ0n) is 17.1. The number of hydrogen-bond donors (Lipinski definition) is 3. The van der Waals surface area contributed by atoms with Gasteiger partial charge in [0.1, 0.15) is 5.75 Å². The summed E-state index contributed by atoms with van der Waals surface area (Å²) in [7, 11) is 1.59. The van der Waals surface area contributed by atoms with Crippen molar-refractivity contribution in [2.45, 2.75) is 13.3 Å². The van der Waals surface area contributed by atoms with Gasteiger partial charge in [0.05, 0.1) is 13.7 Å². The third-order valence-electron chi connectivity index (χ3n) is 4.59. The molecule has 3 aromatic rings. The van der Waals surface area contributed by atoms with Gasteiger partial charge in [-0.3, -0.25) is 9.59 Å². The van der Waals surface area contributed by atoms with E-state index in [0.717, 1.165) is 23.5 Å².